The average molecular weight is 362 g/mol. The van der Waals surface area contributed by atoms with Crippen molar-refractivity contribution in [2.75, 3.05) is 26.2 Å². The summed E-state index contributed by atoms with van der Waals surface area (Å²) in [5.74, 6) is 0.861. The Morgan fingerprint density at radius 3 is 2.30 bits per heavy atom. The molecule has 0 radical (unpaired) electrons. The number of carbonyl (C=O) groups is 2. The molecule has 0 unspecified atom stereocenters. The van der Waals surface area contributed by atoms with E-state index in [1.165, 1.54) is 0 Å². The Balaban J connectivity index is 1.44. The second kappa shape index (κ2) is 6.87. The lowest BCUT2D eigenvalue weighted by Crippen LogP contribution is -2.50. The molecule has 4 rings (SSSR count). The van der Waals surface area contributed by atoms with Gasteiger partial charge in [-0.3, -0.25) is 9.59 Å². The van der Waals surface area contributed by atoms with Crippen LogP contribution in [0, 0.1) is 13.8 Å². The van der Waals surface area contributed by atoms with E-state index < -0.39 is 0 Å². The van der Waals surface area contributed by atoms with Crippen molar-refractivity contribution in [3.8, 4) is 0 Å². The first-order valence-electron chi connectivity index (χ1n) is 9.13. The predicted molar refractivity (Wildman–Crippen MR) is 104 cm³/mol. The van der Waals surface area contributed by atoms with E-state index in [0.717, 1.165) is 28.0 Å². The molecular formula is C21H22N4O2. The molecular weight excluding hydrogens is 340 g/mol. The Hall–Kier alpha value is -3.15. The number of aryl methyl sites for hydroxylation is 2. The van der Waals surface area contributed by atoms with Gasteiger partial charge in [-0.15, -0.1) is 0 Å². The fraction of sp³-hybridized carbons (Fsp3) is 0.286. The van der Waals surface area contributed by atoms with Crippen LogP contribution in [0.4, 0.5) is 0 Å². The molecule has 138 valence electrons. The maximum atomic E-state index is 12.8. The minimum Gasteiger partial charge on any atom is -0.342 e. The summed E-state index contributed by atoms with van der Waals surface area (Å²) in [6.45, 7) is 6.01. The van der Waals surface area contributed by atoms with Crippen molar-refractivity contribution in [3.05, 3.63) is 65.0 Å². The molecule has 1 aromatic heterocycles. The fourth-order valence-electron chi connectivity index (χ4n) is 3.55. The normalized spacial score (nSPS) is 14.6. The van der Waals surface area contributed by atoms with Gasteiger partial charge in [-0.05, 0) is 43.7 Å². The van der Waals surface area contributed by atoms with Crippen LogP contribution in [0.15, 0.2) is 42.5 Å². The van der Waals surface area contributed by atoms with Crippen molar-refractivity contribution < 1.29 is 9.59 Å². The first-order chi connectivity index (χ1) is 13.0. The molecule has 27 heavy (non-hydrogen) atoms. The summed E-state index contributed by atoms with van der Waals surface area (Å²) in [5, 5.41) is 0. The molecule has 2 heterocycles. The minimum absolute atomic E-state index is 0.00727. The van der Waals surface area contributed by atoms with Crippen LogP contribution in [-0.2, 0) is 0 Å². The van der Waals surface area contributed by atoms with Gasteiger partial charge in [-0.1, -0.05) is 18.2 Å². The van der Waals surface area contributed by atoms with Crippen LogP contribution < -0.4 is 0 Å². The number of hydrogen-bond acceptors (Lipinski definition) is 3. The first kappa shape index (κ1) is 17.3. The number of aromatic amines is 1. The maximum Gasteiger partial charge on any atom is 0.254 e. The van der Waals surface area contributed by atoms with Gasteiger partial charge in [-0.25, -0.2) is 4.98 Å². The van der Waals surface area contributed by atoms with Crippen LogP contribution in [0.5, 0.6) is 0 Å². The lowest BCUT2D eigenvalue weighted by atomic mass is 10.1. The molecule has 2 aromatic carbocycles. The Labute approximate surface area is 157 Å². The van der Waals surface area contributed by atoms with Gasteiger partial charge in [-0.2, -0.15) is 0 Å². The van der Waals surface area contributed by atoms with Crippen molar-refractivity contribution in [2.24, 2.45) is 0 Å². The van der Waals surface area contributed by atoms with Crippen molar-refractivity contribution in [3.63, 3.8) is 0 Å². The lowest BCUT2D eigenvalue weighted by Gasteiger charge is -2.35. The van der Waals surface area contributed by atoms with Crippen LogP contribution in [-0.4, -0.2) is 57.8 Å². The highest BCUT2D eigenvalue weighted by atomic mass is 16.2. The van der Waals surface area contributed by atoms with Crippen LogP contribution >= 0.6 is 0 Å². The summed E-state index contributed by atoms with van der Waals surface area (Å²) in [5.41, 5.74) is 4.08. The summed E-state index contributed by atoms with van der Waals surface area (Å²) >= 11 is 0. The molecule has 1 aliphatic rings. The number of amides is 2. The van der Waals surface area contributed by atoms with E-state index in [9.17, 15) is 9.59 Å². The average Bonchev–Trinajstić information content (AvgIpc) is 3.06. The molecule has 0 atom stereocenters. The number of nitrogens with one attached hydrogen (secondary N) is 1. The highest BCUT2D eigenvalue weighted by Gasteiger charge is 2.26. The summed E-state index contributed by atoms with van der Waals surface area (Å²) in [6.07, 6.45) is 0. The van der Waals surface area contributed by atoms with Crippen molar-refractivity contribution >= 4 is 22.8 Å². The number of rotatable bonds is 2. The summed E-state index contributed by atoms with van der Waals surface area (Å²) < 4.78 is 0. The number of imidazole rings is 1. The van der Waals surface area contributed by atoms with E-state index >= 15 is 0 Å². The quantitative estimate of drug-likeness (QED) is 0.762. The molecule has 0 spiro atoms. The second-order valence-electron chi connectivity index (χ2n) is 6.95. The predicted octanol–water partition coefficient (Wildman–Crippen LogP) is 2.78. The number of carbonyl (C=O) groups excluding carboxylic acids is 2. The zero-order valence-electron chi connectivity index (χ0n) is 15.5. The van der Waals surface area contributed by atoms with E-state index in [4.69, 9.17) is 0 Å². The van der Waals surface area contributed by atoms with Gasteiger partial charge in [0.05, 0.1) is 11.0 Å². The van der Waals surface area contributed by atoms with Gasteiger partial charge in [0.15, 0.2) is 0 Å². The van der Waals surface area contributed by atoms with Crippen molar-refractivity contribution in [2.45, 2.75) is 13.8 Å². The molecule has 3 aromatic rings. The molecule has 6 heteroatoms. The molecule has 0 bridgehead atoms. The molecule has 1 saturated heterocycles. The van der Waals surface area contributed by atoms with Crippen molar-refractivity contribution in [1.82, 2.24) is 19.8 Å². The number of piperazine rings is 1. The number of nitrogens with zero attached hydrogens (tertiary/aromatic N) is 3. The third-order valence-electron chi connectivity index (χ3n) is 5.08. The van der Waals surface area contributed by atoms with E-state index in [-0.39, 0.29) is 11.8 Å². The highest BCUT2D eigenvalue weighted by Crippen LogP contribution is 2.17. The number of hydrogen-bond donors (Lipinski definition) is 1. The number of H-pyrrole nitrogens is 1. The number of aromatic nitrogens is 2. The van der Waals surface area contributed by atoms with Crippen LogP contribution in [0.2, 0.25) is 0 Å². The van der Waals surface area contributed by atoms with Gasteiger partial charge in [0.1, 0.15) is 5.82 Å². The van der Waals surface area contributed by atoms with E-state index in [2.05, 4.69) is 9.97 Å². The van der Waals surface area contributed by atoms with E-state index in [0.29, 0.717) is 31.7 Å². The van der Waals surface area contributed by atoms with Gasteiger partial charge in [0.25, 0.3) is 11.8 Å². The second-order valence-corrected chi connectivity index (χ2v) is 6.95. The number of benzene rings is 2. The lowest BCUT2D eigenvalue weighted by molar-refractivity contribution is 0.0535. The number of fused-ring (bicyclic) bond motifs is 1. The van der Waals surface area contributed by atoms with Gasteiger partial charge in [0.2, 0.25) is 0 Å². The molecule has 0 saturated carbocycles. The molecule has 1 fully saturated rings. The third-order valence-corrected chi connectivity index (χ3v) is 5.08. The van der Waals surface area contributed by atoms with Gasteiger partial charge >= 0.3 is 0 Å². The van der Waals surface area contributed by atoms with Crippen LogP contribution in [0.1, 0.15) is 32.1 Å². The Morgan fingerprint density at radius 2 is 1.59 bits per heavy atom. The summed E-state index contributed by atoms with van der Waals surface area (Å²) in [7, 11) is 0. The molecule has 0 aliphatic carbocycles. The monoisotopic (exact) mass is 362 g/mol. The molecule has 2 amide bonds. The van der Waals surface area contributed by atoms with Gasteiger partial charge < -0.3 is 14.8 Å². The molecule has 6 nitrogen and oxygen atoms in total. The van der Waals surface area contributed by atoms with Crippen LogP contribution in [0.3, 0.4) is 0 Å². The Kier molecular flexibility index (Phi) is 4.39. The van der Waals surface area contributed by atoms with Gasteiger partial charge in [0, 0.05) is 37.3 Å². The standard InChI is InChI=1S/C21H22N4O2/c1-14-5-3-4-6-17(14)21(27)25-11-9-24(10-12-25)20(26)16-7-8-18-19(13-16)23-15(2)22-18/h3-8,13H,9-12H2,1-2H3,(H,22,23). The highest BCUT2D eigenvalue weighted by molar-refractivity contribution is 5.98. The largest absolute Gasteiger partial charge is 0.342 e. The smallest absolute Gasteiger partial charge is 0.254 e. The minimum atomic E-state index is -0.00727. The fourth-order valence-corrected chi connectivity index (χ4v) is 3.55. The third kappa shape index (κ3) is 3.30. The zero-order valence-corrected chi connectivity index (χ0v) is 15.5. The SMILES string of the molecule is Cc1nc2ccc(C(=O)N3CCN(C(=O)c4ccccc4C)CC3)cc2[nH]1. The van der Waals surface area contributed by atoms with E-state index in [1.54, 1.807) is 0 Å². The van der Waals surface area contributed by atoms with Crippen LogP contribution in [0.25, 0.3) is 11.0 Å². The Bertz CT molecular complexity index is 1020. The van der Waals surface area contributed by atoms with Crippen molar-refractivity contribution in [1.29, 1.82) is 0 Å². The summed E-state index contributed by atoms with van der Waals surface area (Å²) in [4.78, 5) is 36.7. The zero-order chi connectivity index (χ0) is 19.0. The maximum absolute atomic E-state index is 12.8. The topological polar surface area (TPSA) is 69.3 Å². The first-order valence-corrected chi connectivity index (χ1v) is 9.13. The Morgan fingerprint density at radius 1 is 0.926 bits per heavy atom. The molecule has 1 aliphatic heterocycles. The molecule has 1 N–H and O–H groups in total. The van der Waals surface area contributed by atoms with E-state index in [1.807, 2.05) is 66.1 Å². The summed E-state index contributed by atoms with van der Waals surface area (Å²) in [6, 6.07) is 13.1.